The number of aromatic nitrogens is 4. The van der Waals surface area contributed by atoms with E-state index in [0.29, 0.717) is 12.1 Å². The zero-order chi connectivity index (χ0) is 17.3. The molecule has 24 heavy (non-hydrogen) atoms. The lowest BCUT2D eigenvalue weighted by atomic mass is 9.97. The van der Waals surface area contributed by atoms with Gasteiger partial charge in [-0.05, 0) is 0 Å². The van der Waals surface area contributed by atoms with Gasteiger partial charge in [0.2, 0.25) is 5.95 Å². The maximum Gasteiger partial charge on any atom is 0.280 e. The fraction of sp³-hybridized carbons (Fsp3) is 0.615. The van der Waals surface area contributed by atoms with Gasteiger partial charge in [0.25, 0.3) is 5.56 Å². The minimum absolute atomic E-state index is 0.00396. The Labute approximate surface area is 136 Å². The Morgan fingerprint density at radius 3 is 3.08 bits per heavy atom. The summed E-state index contributed by atoms with van der Waals surface area (Å²) in [5.41, 5.74) is 6.92. The van der Waals surface area contributed by atoms with Gasteiger partial charge in [0, 0.05) is 20.6 Å². The maximum absolute atomic E-state index is 11.9. The van der Waals surface area contributed by atoms with Gasteiger partial charge >= 0.3 is 0 Å². The lowest BCUT2D eigenvalue weighted by Crippen LogP contribution is -2.51. The molecule has 1 fully saturated rings. The van der Waals surface area contributed by atoms with E-state index in [1.54, 1.807) is 11.7 Å². The highest BCUT2D eigenvalue weighted by Gasteiger charge is 2.50. The summed E-state index contributed by atoms with van der Waals surface area (Å²) in [7, 11) is 3.10. The van der Waals surface area contributed by atoms with Gasteiger partial charge in [0.15, 0.2) is 11.2 Å². The number of methoxy groups -OCH3 is 2. The van der Waals surface area contributed by atoms with Crippen LogP contribution >= 0.6 is 0 Å². The number of ether oxygens (including phenoxy) is 3. The second-order valence-electron chi connectivity index (χ2n) is 5.64. The molecule has 0 aromatic carbocycles. The Bertz CT molecular complexity index is 768. The standard InChI is InChI=1S/C13H20N6O5/c1-22-5-13(4-16-21)7(23-2)3-8(24-13)19-6-15-9-10(19)17-12(14)18-11(9)20/h6-8,16,21H,3-5H2,1-2H3,(H3,14,17,18,20)/t7-,8-,13-/m1/s1. The van der Waals surface area contributed by atoms with Gasteiger partial charge in [-0.25, -0.2) is 10.5 Å². The summed E-state index contributed by atoms with van der Waals surface area (Å²) in [5, 5.41) is 9.16. The lowest BCUT2D eigenvalue weighted by Gasteiger charge is -2.32. The van der Waals surface area contributed by atoms with E-state index in [0.717, 1.165) is 0 Å². The average molecular weight is 340 g/mol. The summed E-state index contributed by atoms with van der Waals surface area (Å²) >= 11 is 0. The number of nitrogens with two attached hydrogens (primary N) is 1. The van der Waals surface area contributed by atoms with Gasteiger partial charge in [0.05, 0.1) is 25.6 Å². The van der Waals surface area contributed by atoms with Crippen LogP contribution in [0, 0.1) is 0 Å². The molecule has 0 bridgehead atoms. The molecule has 2 aromatic heterocycles. The molecule has 0 amide bonds. The second kappa shape index (κ2) is 6.45. The van der Waals surface area contributed by atoms with Gasteiger partial charge in [-0.2, -0.15) is 4.98 Å². The van der Waals surface area contributed by atoms with Gasteiger partial charge < -0.3 is 25.2 Å². The number of nitrogen functional groups attached to an aromatic ring is 1. The number of fused-ring (bicyclic) bond motifs is 1. The number of H-pyrrole nitrogens is 1. The maximum atomic E-state index is 11.9. The predicted octanol–water partition coefficient (Wildman–Crippen LogP) is -1.00. The van der Waals surface area contributed by atoms with Crippen molar-refractivity contribution in [2.75, 3.05) is 33.1 Å². The van der Waals surface area contributed by atoms with Crippen molar-refractivity contribution < 1.29 is 19.4 Å². The third-order valence-corrected chi connectivity index (χ3v) is 4.19. The minimum Gasteiger partial charge on any atom is -0.382 e. The van der Waals surface area contributed by atoms with Crippen molar-refractivity contribution in [1.29, 1.82) is 0 Å². The first-order chi connectivity index (χ1) is 11.5. The first-order valence-electron chi connectivity index (χ1n) is 7.33. The largest absolute Gasteiger partial charge is 0.382 e. The highest BCUT2D eigenvalue weighted by molar-refractivity contribution is 5.70. The summed E-state index contributed by atoms with van der Waals surface area (Å²) in [4.78, 5) is 22.5. The Hall–Kier alpha value is -2.05. The Kier molecular flexibility index (Phi) is 4.51. The first-order valence-corrected chi connectivity index (χ1v) is 7.33. The monoisotopic (exact) mass is 340 g/mol. The van der Waals surface area contributed by atoms with E-state index in [1.165, 1.54) is 13.4 Å². The molecule has 0 aliphatic carbocycles. The van der Waals surface area contributed by atoms with Crippen LogP contribution in [-0.4, -0.2) is 63.8 Å². The highest BCUT2D eigenvalue weighted by Crippen LogP contribution is 2.39. The summed E-state index contributed by atoms with van der Waals surface area (Å²) < 4.78 is 18.5. The molecule has 0 saturated carbocycles. The molecule has 1 aliphatic heterocycles. The number of imidazole rings is 1. The van der Waals surface area contributed by atoms with Gasteiger partial charge in [-0.1, -0.05) is 0 Å². The Morgan fingerprint density at radius 1 is 1.62 bits per heavy atom. The molecule has 11 heteroatoms. The van der Waals surface area contributed by atoms with Crippen LogP contribution < -0.4 is 16.8 Å². The zero-order valence-corrected chi connectivity index (χ0v) is 13.4. The van der Waals surface area contributed by atoms with E-state index in [9.17, 15) is 4.79 Å². The number of anilines is 1. The van der Waals surface area contributed by atoms with E-state index >= 15 is 0 Å². The van der Waals surface area contributed by atoms with E-state index in [1.807, 2.05) is 0 Å². The lowest BCUT2D eigenvalue weighted by molar-refractivity contribution is -0.147. The summed E-state index contributed by atoms with van der Waals surface area (Å²) in [6.45, 7) is 0.316. The molecule has 132 valence electrons. The fourth-order valence-electron chi connectivity index (χ4n) is 3.14. The zero-order valence-electron chi connectivity index (χ0n) is 13.4. The molecule has 3 heterocycles. The van der Waals surface area contributed by atoms with Gasteiger partial charge in [-0.15, -0.1) is 0 Å². The van der Waals surface area contributed by atoms with E-state index in [2.05, 4.69) is 20.4 Å². The molecule has 3 rings (SSSR count). The molecule has 5 N–H and O–H groups in total. The number of hydroxylamine groups is 1. The van der Waals surface area contributed by atoms with Crippen LogP contribution in [0.2, 0.25) is 0 Å². The van der Waals surface area contributed by atoms with Crippen molar-refractivity contribution in [1.82, 2.24) is 25.0 Å². The summed E-state index contributed by atoms with van der Waals surface area (Å²) in [6, 6.07) is 0. The molecule has 0 radical (unpaired) electrons. The molecule has 3 atom stereocenters. The number of nitrogens with one attached hydrogen (secondary N) is 2. The van der Waals surface area contributed by atoms with E-state index in [-0.39, 0.29) is 30.7 Å². The molecule has 1 aliphatic rings. The molecule has 0 spiro atoms. The van der Waals surface area contributed by atoms with Crippen LogP contribution in [0.15, 0.2) is 11.1 Å². The fourth-order valence-corrected chi connectivity index (χ4v) is 3.14. The quantitative estimate of drug-likeness (QED) is 0.485. The highest BCUT2D eigenvalue weighted by atomic mass is 16.6. The van der Waals surface area contributed by atoms with Crippen LogP contribution in [0.25, 0.3) is 11.2 Å². The molecule has 2 aromatic rings. The second-order valence-corrected chi connectivity index (χ2v) is 5.64. The molecular weight excluding hydrogens is 320 g/mol. The van der Waals surface area contributed by atoms with E-state index < -0.39 is 17.4 Å². The summed E-state index contributed by atoms with van der Waals surface area (Å²) in [5.74, 6) is -0.00396. The van der Waals surface area contributed by atoms with Crippen LogP contribution in [0.3, 0.4) is 0 Å². The topological polar surface area (TPSA) is 150 Å². The number of rotatable bonds is 6. The van der Waals surface area contributed by atoms with Crippen molar-refractivity contribution in [2.24, 2.45) is 0 Å². The number of hydrogen-bond donors (Lipinski definition) is 4. The first kappa shape index (κ1) is 16.8. The number of nitrogens with zero attached hydrogens (tertiary/aromatic N) is 3. The Morgan fingerprint density at radius 2 is 2.42 bits per heavy atom. The van der Waals surface area contributed by atoms with Crippen LogP contribution in [0.4, 0.5) is 5.95 Å². The van der Waals surface area contributed by atoms with Crippen LogP contribution in [-0.2, 0) is 14.2 Å². The van der Waals surface area contributed by atoms with Gasteiger partial charge in [-0.3, -0.25) is 14.3 Å². The number of aromatic amines is 1. The van der Waals surface area contributed by atoms with Gasteiger partial charge in [0.1, 0.15) is 11.8 Å². The summed E-state index contributed by atoms with van der Waals surface area (Å²) in [6.07, 6.45) is 1.08. The number of hydrogen-bond acceptors (Lipinski definition) is 9. The molecular formula is C13H20N6O5. The SMILES string of the molecule is COC[C@@]1(CNO)O[C@@H](n2cnc3c(=O)[nH]c(N)nc32)C[C@H]1OC. The van der Waals surface area contributed by atoms with Crippen molar-refractivity contribution in [3.8, 4) is 0 Å². The van der Waals surface area contributed by atoms with Crippen LogP contribution in [0.5, 0.6) is 0 Å². The minimum atomic E-state index is -0.897. The third kappa shape index (κ3) is 2.65. The normalized spacial score (nSPS) is 27.1. The average Bonchev–Trinajstić information content (AvgIpc) is 3.09. The molecule has 11 nitrogen and oxygen atoms in total. The van der Waals surface area contributed by atoms with Crippen molar-refractivity contribution in [3.63, 3.8) is 0 Å². The van der Waals surface area contributed by atoms with E-state index in [4.69, 9.17) is 25.2 Å². The van der Waals surface area contributed by atoms with Crippen molar-refractivity contribution in [2.45, 2.75) is 24.4 Å². The van der Waals surface area contributed by atoms with Crippen LogP contribution in [0.1, 0.15) is 12.6 Å². The molecule has 1 saturated heterocycles. The third-order valence-electron chi connectivity index (χ3n) is 4.19. The molecule has 0 unspecified atom stereocenters. The van der Waals surface area contributed by atoms with Crippen molar-refractivity contribution >= 4 is 17.1 Å². The Balaban J connectivity index is 2.00. The predicted molar refractivity (Wildman–Crippen MR) is 82.5 cm³/mol. The smallest absolute Gasteiger partial charge is 0.280 e. The van der Waals surface area contributed by atoms with Crippen molar-refractivity contribution in [3.05, 3.63) is 16.7 Å².